The molecule has 1 amide bonds. The molecule has 0 aliphatic heterocycles. The summed E-state index contributed by atoms with van der Waals surface area (Å²) in [5, 5.41) is 10.1. The van der Waals surface area contributed by atoms with Gasteiger partial charge in [0, 0.05) is 0 Å². The summed E-state index contributed by atoms with van der Waals surface area (Å²) in [5.74, 6) is -0.0811. The van der Waals surface area contributed by atoms with Crippen LogP contribution in [0, 0.1) is 0 Å². The Labute approximate surface area is 95.7 Å². The molecule has 3 rings (SSSR count). The third kappa shape index (κ3) is 1.21. The van der Waals surface area contributed by atoms with Gasteiger partial charge in [0.1, 0.15) is 16.2 Å². The first-order valence-electron chi connectivity index (χ1n) is 5.02. The van der Waals surface area contributed by atoms with Crippen molar-refractivity contribution in [1.29, 1.82) is 0 Å². The number of rotatable bonds is 2. The highest BCUT2D eigenvalue weighted by Gasteiger charge is 2.52. The van der Waals surface area contributed by atoms with Crippen molar-refractivity contribution in [3.63, 3.8) is 0 Å². The second kappa shape index (κ2) is 2.95. The van der Waals surface area contributed by atoms with Gasteiger partial charge in [0.25, 0.3) is 0 Å². The lowest BCUT2D eigenvalue weighted by Crippen LogP contribution is -2.28. The monoisotopic (exact) mass is 234 g/mol. The molecule has 16 heavy (non-hydrogen) atoms. The molecule has 0 radical (unpaired) electrons. The smallest absolute Gasteiger partial charge is 0.230 e. The minimum absolute atomic E-state index is 0.214. The van der Waals surface area contributed by atoms with Crippen molar-refractivity contribution < 1.29 is 9.90 Å². The van der Waals surface area contributed by atoms with Crippen molar-refractivity contribution in [2.45, 2.75) is 18.3 Å². The van der Waals surface area contributed by atoms with Crippen molar-refractivity contribution in [2.75, 3.05) is 0 Å². The Hall–Kier alpha value is -1.62. The van der Waals surface area contributed by atoms with Crippen LogP contribution in [0.25, 0.3) is 10.2 Å². The second-order valence-electron chi connectivity index (χ2n) is 4.12. The summed E-state index contributed by atoms with van der Waals surface area (Å²) < 4.78 is 0.891. The van der Waals surface area contributed by atoms with Crippen LogP contribution in [0.1, 0.15) is 17.8 Å². The zero-order valence-corrected chi connectivity index (χ0v) is 9.25. The molecule has 82 valence electrons. The Morgan fingerprint density at radius 2 is 2.25 bits per heavy atom. The van der Waals surface area contributed by atoms with Crippen LogP contribution in [0.15, 0.2) is 18.2 Å². The van der Waals surface area contributed by atoms with Gasteiger partial charge in [0.15, 0.2) is 0 Å². The Bertz CT molecular complexity index is 587. The average molecular weight is 234 g/mol. The molecule has 3 N–H and O–H groups in total. The molecular formula is C11H10N2O2S. The van der Waals surface area contributed by atoms with Gasteiger partial charge < -0.3 is 10.8 Å². The number of hydrogen-bond acceptors (Lipinski definition) is 4. The quantitative estimate of drug-likeness (QED) is 0.827. The normalized spacial score (nSPS) is 17.5. The van der Waals surface area contributed by atoms with Crippen molar-refractivity contribution in [1.82, 2.24) is 4.98 Å². The molecule has 0 bridgehead atoms. The van der Waals surface area contributed by atoms with Gasteiger partial charge in [-0.2, -0.15) is 0 Å². The van der Waals surface area contributed by atoms with E-state index in [9.17, 15) is 9.90 Å². The molecule has 1 aliphatic rings. The molecule has 4 nitrogen and oxygen atoms in total. The molecule has 1 aromatic carbocycles. The van der Waals surface area contributed by atoms with Gasteiger partial charge in [-0.1, -0.05) is 0 Å². The number of amides is 1. The summed E-state index contributed by atoms with van der Waals surface area (Å²) in [6, 6.07) is 5.00. The van der Waals surface area contributed by atoms with Crippen molar-refractivity contribution >= 4 is 27.5 Å². The predicted octanol–water partition coefficient (Wildman–Crippen LogP) is 1.52. The van der Waals surface area contributed by atoms with E-state index < -0.39 is 5.41 Å². The maximum absolute atomic E-state index is 11.4. The van der Waals surface area contributed by atoms with Crippen LogP contribution in [0.5, 0.6) is 5.75 Å². The van der Waals surface area contributed by atoms with E-state index in [1.807, 2.05) is 0 Å². The number of phenolic OH excluding ortho intramolecular Hbond substituents is 1. The average Bonchev–Trinajstić information content (AvgIpc) is 2.94. The number of fused-ring (bicyclic) bond motifs is 1. The number of aromatic hydroxyl groups is 1. The van der Waals surface area contributed by atoms with E-state index in [0.717, 1.165) is 28.1 Å². The van der Waals surface area contributed by atoms with Gasteiger partial charge in [-0.25, -0.2) is 4.98 Å². The number of hydrogen-bond donors (Lipinski definition) is 2. The third-order valence-corrected chi connectivity index (χ3v) is 4.23. The van der Waals surface area contributed by atoms with Gasteiger partial charge in [-0.15, -0.1) is 11.3 Å². The molecule has 1 heterocycles. The summed E-state index contributed by atoms with van der Waals surface area (Å²) in [7, 11) is 0. The summed E-state index contributed by atoms with van der Waals surface area (Å²) >= 11 is 1.44. The van der Waals surface area contributed by atoms with Crippen LogP contribution in [0.3, 0.4) is 0 Å². The number of nitrogens with two attached hydrogens (primary N) is 1. The van der Waals surface area contributed by atoms with Crippen LogP contribution < -0.4 is 5.73 Å². The number of carbonyl (C=O) groups excluding carboxylic acids is 1. The number of carbonyl (C=O) groups is 1. The summed E-state index contributed by atoms with van der Waals surface area (Å²) in [4.78, 5) is 15.8. The molecule has 0 spiro atoms. The maximum Gasteiger partial charge on any atom is 0.230 e. The van der Waals surface area contributed by atoms with Crippen LogP contribution in [-0.2, 0) is 10.2 Å². The van der Waals surface area contributed by atoms with E-state index in [0.29, 0.717) is 0 Å². The molecular weight excluding hydrogens is 224 g/mol. The topological polar surface area (TPSA) is 76.2 Å². The van der Waals surface area contributed by atoms with E-state index in [1.54, 1.807) is 18.2 Å². The molecule has 1 saturated carbocycles. The molecule has 0 unspecified atom stereocenters. The first-order chi connectivity index (χ1) is 7.62. The van der Waals surface area contributed by atoms with Gasteiger partial charge in [-0.05, 0) is 31.0 Å². The van der Waals surface area contributed by atoms with E-state index in [4.69, 9.17) is 5.73 Å². The highest BCUT2D eigenvalue weighted by atomic mass is 32.1. The van der Waals surface area contributed by atoms with Gasteiger partial charge >= 0.3 is 0 Å². The zero-order chi connectivity index (χ0) is 11.3. The lowest BCUT2D eigenvalue weighted by atomic mass is 10.1. The minimum Gasteiger partial charge on any atom is -0.508 e. The maximum atomic E-state index is 11.4. The van der Waals surface area contributed by atoms with Crippen LogP contribution in [-0.4, -0.2) is 16.0 Å². The molecule has 5 heteroatoms. The summed E-state index contributed by atoms with van der Waals surface area (Å²) in [5.41, 5.74) is 5.68. The molecule has 1 aliphatic carbocycles. The number of benzene rings is 1. The third-order valence-electron chi connectivity index (χ3n) is 3.00. The lowest BCUT2D eigenvalue weighted by Gasteiger charge is -2.04. The summed E-state index contributed by atoms with van der Waals surface area (Å²) in [6.07, 6.45) is 1.57. The zero-order valence-electron chi connectivity index (χ0n) is 8.43. The largest absolute Gasteiger partial charge is 0.508 e. The Morgan fingerprint density at radius 1 is 1.50 bits per heavy atom. The van der Waals surface area contributed by atoms with Gasteiger partial charge in [0.05, 0.1) is 10.2 Å². The fraction of sp³-hybridized carbons (Fsp3) is 0.273. The van der Waals surface area contributed by atoms with Crippen LogP contribution in [0.4, 0.5) is 0 Å². The van der Waals surface area contributed by atoms with E-state index >= 15 is 0 Å². The van der Waals surface area contributed by atoms with Crippen molar-refractivity contribution in [2.24, 2.45) is 5.73 Å². The van der Waals surface area contributed by atoms with Crippen molar-refractivity contribution in [3.8, 4) is 5.75 Å². The Morgan fingerprint density at radius 3 is 2.88 bits per heavy atom. The van der Waals surface area contributed by atoms with E-state index in [-0.39, 0.29) is 11.7 Å². The number of thiazole rings is 1. The van der Waals surface area contributed by atoms with Crippen LogP contribution in [0.2, 0.25) is 0 Å². The Balaban J connectivity index is 2.16. The molecule has 1 fully saturated rings. The SMILES string of the molecule is NC(=O)C1(c2nc3ccc(O)cc3s2)CC1. The number of nitrogens with zero attached hydrogens (tertiary/aromatic N) is 1. The predicted molar refractivity (Wildman–Crippen MR) is 61.4 cm³/mol. The molecule has 2 aromatic rings. The lowest BCUT2D eigenvalue weighted by molar-refractivity contribution is -0.120. The standard InChI is InChI=1S/C11H10N2O2S/c12-9(15)11(3-4-11)10-13-7-2-1-6(14)5-8(7)16-10/h1-2,5,14H,3-4H2,(H2,12,15). The molecule has 0 atom stereocenters. The van der Waals surface area contributed by atoms with Crippen molar-refractivity contribution in [3.05, 3.63) is 23.2 Å². The van der Waals surface area contributed by atoms with Gasteiger partial charge in [-0.3, -0.25) is 4.79 Å². The number of primary amides is 1. The van der Waals surface area contributed by atoms with Crippen LogP contribution >= 0.6 is 11.3 Å². The first kappa shape index (κ1) is 9.59. The highest BCUT2D eigenvalue weighted by molar-refractivity contribution is 7.18. The molecule has 0 saturated heterocycles. The first-order valence-corrected chi connectivity index (χ1v) is 5.83. The number of aromatic nitrogens is 1. The molecule has 1 aromatic heterocycles. The summed E-state index contributed by atoms with van der Waals surface area (Å²) in [6.45, 7) is 0. The fourth-order valence-corrected chi connectivity index (χ4v) is 3.06. The highest BCUT2D eigenvalue weighted by Crippen LogP contribution is 2.50. The van der Waals surface area contributed by atoms with Gasteiger partial charge in [0.2, 0.25) is 5.91 Å². The Kier molecular flexibility index (Phi) is 1.77. The van der Waals surface area contributed by atoms with E-state index in [2.05, 4.69) is 4.98 Å². The second-order valence-corrected chi connectivity index (χ2v) is 5.15. The number of phenols is 1. The van der Waals surface area contributed by atoms with E-state index in [1.165, 1.54) is 11.3 Å². The minimum atomic E-state index is -0.528. The fourth-order valence-electron chi connectivity index (χ4n) is 1.81.